The summed E-state index contributed by atoms with van der Waals surface area (Å²) < 4.78 is 0. The fourth-order valence-corrected chi connectivity index (χ4v) is 2.86. The molecule has 2 aliphatic heterocycles. The maximum absolute atomic E-state index is 12.8. The molecule has 1 amide bonds. The number of hydrogen-bond donors (Lipinski definition) is 2. The topological polar surface area (TPSA) is 47.6 Å². The van der Waals surface area contributed by atoms with E-state index in [1.54, 1.807) is 0 Å². The van der Waals surface area contributed by atoms with E-state index in [1.165, 1.54) is 0 Å². The molecule has 0 radical (unpaired) electrons. The number of anilines is 2. The van der Waals surface area contributed by atoms with Crippen LogP contribution in [-0.4, -0.2) is 61.5 Å². The van der Waals surface area contributed by atoms with Crippen LogP contribution >= 0.6 is 0 Å². The molecular weight excluding hydrogens is 252 g/mol. The first-order valence-electron chi connectivity index (χ1n) is 7.27. The third-order valence-electron chi connectivity index (χ3n) is 4.28. The SMILES string of the molecule is CC1CN(C(=O)c2cccc3c2NCCN3)CCN1C. The van der Waals surface area contributed by atoms with Crippen molar-refractivity contribution in [3.8, 4) is 0 Å². The Morgan fingerprint density at radius 3 is 2.85 bits per heavy atom. The number of nitrogens with one attached hydrogen (secondary N) is 2. The molecule has 0 saturated carbocycles. The van der Waals surface area contributed by atoms with Crippen LogP contribution in [0.15, 0.2) is 18.2 Å². The average molecular weight is 274 g/mol. The van der Waals surface area contributed by atoms with Gasteiger partial charge in [-0.3, -0.25) is 4.79 Å². The van der Waals surface area contributed by atoms with Gasteiger partial charge in [-0.05, 0) is 26.1 Å². The van der Waals surface area contributed by atoms with Crippen molar-refractivity contribution in [3.05, 3.63) is 23.8 Å². The monoisotopic (exact) mass is 274 g/mol. The first-order chi connectivity index (χ1) is 9.66. The van der Waals surface area contributed by atoms with Gasteiger partial charge in [-0.1, -0.05) is 6.07 Å². The Bertz CT molecular complexity index is 517. The third kappa shape index (κ3) is 2.33. The van der Waals surface area contributed by atoms with Crippen LogP contribution in [0, 0.1) is 0 Å². The Hall–Kier alpha value is -1.75. The molecule has 2 N–H and O–H groups in total. The van der Waals surface area contributed by atoms with Crippen molar-refractivity contribution in [2.45, 2.75) is 13.0 Å². The van der Waals surface area contributed by atoms with Crippen LogP contribution < -0.4 is 10.6 Å². The van der Waals surface area contributed by atoms with Crippen LogP contribution in [0.1, 0.15) is 17.3 Å². The summed E-state index contributed by atoms with van der Waals surface area (Å²) in [6, 6.07) is 6.30. The van der Waals surface area contributed by atoms with E-state index >= 15 is 0 Å². The number of nitrogens with zero attached hydrogens (tertiary/aromatic N) is 2. The Kier molecular flexibility index (Phi) is 3.53. The van der Waals surface area contributed by atoms with Crippen molar-refractivity contribution in [2.75, 3.05) is 50.4 Å². The predicted molar refractivity (Wildman–Crippen MR) is 81.4 cm³/mol. The van der Waals surface area contributed by atoms with E-state index in [2.05, 4.69) is 29.5 Å². The zero-order valence-corrected chi connectivity index (χ0v) is 12.1. The number of piperazine rings is 1. The molecule has 1 saturated heterocycles. The van der Waals surface area contributed by atoms with Crippen LogP contribution in [0.2, 0.25) is 0 Å². The molecule has 1 aromatic rings. The lowest BCUT2D eigenvalue weighted by molar-refractivity contribution is 0.0573. The Labute approximate surface area is 119 Å². The maximum atomic E-state index is 12.8. The van der Waals surface area contributed by atoms with E-state index in [4.69, 9.17) is 0 Å². The second kappa shape index (κ2) is 5.32. The lowest BCUT2D eigenvalue weighted by atomic mass is 10.1. The minimum atomic E-state index is 0.137. The summed E-state index contributed by atoms with van der Waals surface area (Å²) in [5, 5.41) is 6.69. The first kappa shape index (κ1) is 13.2. The van der Waals surface area contributed by atoms with Gasteiger partial charge in [-0.25, -0.2) is 0 Å². The zero-order valence-electron chi connectivity index (χ0n) is 12.1. The molecule has 1 fully saturated rings. The molecule has 1 aromatic carbocycles. The highest BCUT2D eigenvalue weighted by molar-refractivity contribution is 6.02. The van der Waals surface area contributed by atoms with Gasteiger partial charge in [0, 0.05) is 38.8 Å². The Morgan fingerprint density at radius 2 is 2.05 bits per heavy atom. The second-order valence-corrected chi connectivity index (χ2v) is 5.66. The van der Waals surface area contributed by atoms with Gasteiger partial charge in [0.2, 0.25) is 0 Å². The molecular formula is C15H22N4O. The minimum Gasteiger partial charge on any atom is -0.382 e. The molecule has 0 bridgehead atoms. The van der Waals surface area contributed by atoms with E-state index in [1.807, 2.05) is 23.1 Å². The van der Waals surface area contributed by atoms with Crippen molar-refractivity contribution in [1.29, 1.82) is 0 Å². The number of para-hydroxylation sites is 1. The van der Waals surface area contributed by atoms with Crippen LogP contribution in [0.3, 0.4) is 0 Å². The summed E-state index contributed by atoms with van der Waals surface area (Å²) in [5.41, 5.74) is 2.77. The normalized spacial score (nSPS) is 22.7. The smallest absolute Gasteiger partial charge is 0.256 e. The molecule has 0 aliphatic carbocycles. The quantitative estimate of drug-likeness (QED) is 0.810. The number of amides is 1. The summed E-state index contributed by atoms with van der Waals surface area (Å²) in [6.07, 6.45) is 0. The van der Waals surface area contributed by atoms with Crippen molar-refractivity contribution in [3.63, 3.8) is 0 Å². The number of likely N-dealkylation sites (N-methyl/N-ethyl adjacent to an activating group) is 1. The molecule has 20 heavy (non-hydrogen) atoms. The molecule has 108 valence electrons. The van der Waals surface area contributed by atoms with Gasteiger partial charge in [0.1, 0.15) is 0 Å². The fraction of sp³-hybridized carbons (Fsp3) is 0.533. The number of rotatable bonds is 1. The zero-order chi connectivity index (χ0) is 14.1. The predicted octanol–water partition coefficient (Wildman–Crippen LogP) is 1.30. The highest BCUT2D eigenvalue weighted by Gasteiger charge is 2.27. The highest BCUT2D eigenvalue weighted by atomic mass is 16.2. The van der Waals surface area contributed by atoms with Gasteiger partial charge in [0.25, 0.3) is 5.91 Å². The summed E-state index contributed by atoms with van der Waals surface area (Å²) in [5.74, 6) is 0.137. The van der Waals surface area contributed by atoms with Gasteiger partial charge in [-0.2, -0.15) is 0 Å². The van der Waals surface area contributed by atoms with Crippen molar-refractivity contribution >= 4 is 17.3 Å². The van der Waals surface area contributed by atoms with Crippen molar-refractivity contribution in [2.24, 2.45) is 0 Å². The lowest BCUT2D eigenvalue weighted by Gasteiger charge is -2.38. The molecule has 2 aliphatic rings. The van der Waals surface area contributed by atoms with Gasteiger partial charge in [-0.15, -0.1) is 0 Å². The number of hydrogen-bond acceptors (Lipinski definition) is 4. The van der Waals surface area contributed by atoms with Crippen LogP contribution in [-0.2, 0) is 0 Å². The number of carbonyl (C=O) groups is 1. The van der Waals surface area contributed by atoms with E-state index in [0.717, 1.165) is 49.7 Å². The Morgan fingerprint density at radius 1 is 1.25 bits per heavy atom. The molecule has 0 spiro atoms. The van der Waals surface area contributed by atoms with Gasteiger partial charge < -0.3 is 20.4 Å². The van der Waals surface area contributed by atoms with Gasteiger partial charge in [0.05, 0.1) is 16.9 Å². The summed E-state index contributed by atoms with van der Waals surface area (Å²) in [4.78, 5) is 17.0. The standard InChI is InChI=1S/C15H22N4O/c1-11-10-19(9-8-18(11)2)15(20)12-4-3-5-13-14(12)17-7-6-16-13/h3-5,11,16-17H,6-10H2,1-2H3. The fourth-order valence-electron chi connectivity index (χ4n) is 2.86. The van der Waals surface area contributed by atoms with E-state index in [-0.39, 0.29) is 5.91 Å². The molecule has 1 atom stereocenters. The lowest BCUT2D eigenvalue weighted by Crippen LogP contribution is -2.52. The average Bonchev–Trinajstić information content (AvgIpc) is 2.49. The minimum absolute atomic E-state index is 0.137. The summed E-state index contributed by atoms with van der Waals surface area (Å²) in [6.45, 7) is 6.46. The number of fused-ring (bicyclic) bond motifs is 1. The third-order valence-corrected chi connectivity index (χ3v) is 4.28. The van der Waals surface area contributed by atoms with E-state index in [9.17, 15) is 4.79 Å². The van der Waals surface area contributed by atoms with Crippen LogP contribution in [0.25, 0.3) is 0 Å². The largest absolute Gasteiger partial charge is 0.382 e. The maximum Gasteiger partial charge on any atom is 0.256 e. The van der Waals surface area contributed by atoms with Crippen LogP contribution in [0.5, 0.6) is 0 Å². The first-order valence-corrected chi connectivity index (χ1v) is 7.27. The Balaban J connectivity index is 1.84. The molecule has 2 heterocycles. The summed E-state index contributed by atoms with van der Waals surface area (Å²) in [7, 11) is 2.11. The van der Waals surface area contributed by atoms with Crippen molar-refractivity contribution < 1.29 is 4.79 Å². The van der Waals surface area contributed by atoms with Gasteiger partial charge in [0.15, 0.2) is 0 Å². The second-order valence-electron chi connectivity index (χ2n) is 5.66. The number of benzene rings is 1. The van der Waals surface area contributed by atoms with Crippen molar-refractivity contribution in [1.82, 2.24) is 9.80 Å². The molecule has 5 heteroatoms. The van der Waals surface area contributed by atoms with E-state index < -0.39 is 0 Å². The number of carbonyl (C=O) groups excluding carboxylic acids is 1. The molecule has 5 nitrogen and oxygen atoms in total. The molecule has 0 aromatic heterocycles. The summed E-state index contributed by atoms with van der Waals surface area (Å²) >= 11 is 0. The highest BCUT2D eigenvalue weighted by Crippen LogP contribution is 2.29. The molecule has 1 unspecified atom stereocenters. The van der Waals surface area contributed by atoms with Gasteiger partial charge >= 0.3 is 0 Å². The molecule has 3 rings (SSSR count). The van der Waals surface area contributed by atoms with E-state index in [0.29, 0.717) is 6.04 Å². The van der Waals surface area contributed by atoms with Crippen LogP contribution in [0.4, 0.5) is 11.4 Å².